The topological polar surface area (TPSA) is 57.7 Å². The van der Waals surface area contributed by atoms with Gasteiger partial charge in [-0.05, 0) is 31.9 Å². The molecule has 1 atom stereocenters. The van der Waals surface area contributed by atoms with E-state index >= 15 is 0 Å². The Morgan fingerprint density at radius 1 is 1.16 bits per heavy atom. The molecule has 128 valence electrons. The number of hydrogen-bond donors (Lipinski definition) is 1. The first-order valence-electron chi connectivity index (χ1n) is 8.88. The number of piperidine rings is 1. The Hall–Kier alpha value is -2.53. The van der Waals surface area contributed by atoms with Gasteiger partial charge in [-0.2, -0.15) is 5.10 Å². The largest absolute Gasteiger partial charge is 0.298 e. The zero-order valence-corrected chi connectivity index (χ0v) is 14.5. The average Bonchev–Trinajstić information content (AvgIpc) is 3.11. The predicted molar refractivity (Wildman–Crippen MR) is 98.0 cm³/mol. The van der Waals surface area contributed by atoms with E-state index in [9.17, 15) is 0 Å². The normalized spacial score (nSPS) is 18.4. The number of aromatic nitrogens is 4. The molecule has 1 N–H and O–H groups in total. The third-order valence-corrected chi connectivity index (χ3v) is 4.87. The molecule has 0 aliphatic carbocycles. The van der Waals surface area contributed by atoms with Gasteiger partial charge >= 0.3 is 0 Å². The van der Waals surface area contributed by atoms with Gasteiger partial charge in [-0.25, -0.2) is 0 Å². The molecule has 3 aromatic rings. The van der Waals surface area contributed by atoms with Crippen LogP contribution in [0.25, 0.3) is 11.3 Å². The lowest BCUT2D eigenvalue weighted by molar-refractivity contribution is 0.198. The van der Waals surface area contributed by atoms with E-state index in [4.69, 9.17) is 0 Å². The van der Waals surface area contributed by atoms with Crippen LogP contribution in [0.5, 0.6) is 0 Å². The van der Waals surface area contributed by atoms with Gasteiger partial charge in [-0.15, -0.1) is 0 Å². The fourth-order valence-electron chi connectivity index (χ4n) is 3.65. The zero-order chi connectivity index (χ0) is 17.1. The van der Waals surface area contributed by atoms with Crippen molar-refractivity contribution in [3.8, 4) is 11.3 Å². The van der Waals surface area contributed by atoms with Gasteiger partial charge < -0.3 is 0 Å². The summed E-state index contributed by atoms with van der Waals surface area (Å²) in [6.07, 6.45) is 8.08. The maximum absolute atomic E-state index is 4.69. The van der Waals surface area contributed by atoms with Crippen molar-refractivity contribution in [1.82, 2.24) is 25.1 Å². The van der Waals surface area contributed by atoms with E-state index in [0.29, 0.717) is 5.92 Å². The summed E-state index contributed by atoms with van der Waals surface area (Å²) in [7, 11) is 0. The van der Waals surface area contributed by atoms with Crippen molar-refractivity contribution >= 4 is 0 Å². The smallest absolute Gasteiger partial charge is 0.0695 e. The van der Waals surface area contributed by atoms with E-state index in [-0.39, 0.29) is 0 Å². The van der Waals surface area contributed by atoms with Crippen molar-refractivity contribution in [2.24, 2.45) is 0 Å². The summed E-state index contributed by atoms with van der Waals surface area (Å²) in [4.78, 5) is 11.5. The van der Waals surface area contributed by atoms with Crippen LogP contribution >= 0.6 is 0 Å². The predicted octanol–water partition coefficient (Wildman–Crippen LogP) is 3.55. The van der Waals surface area contributed by atoms with Crippen LogP contribution in [0.2, 0.25) is 0 Å². The molecule has 1 aliphatic heterocycles. The number of H-pyrrole nitrogens is 1. The highest BCUT2D eigenvalue weighted by Crippen LogP contribution is 2.28. The minimum atomic E-state index is 0.466. The molecule has 0 spiro atoms. The Labute approximate surface area is 148 Å². The van der Waals surface area contributed by atoms with Gasteiger partial charge in [0.1, 0.15) is 0 Å². The number of nitrogens with one attached hydrogen (secondary N) is 1. The number of benzene rings is 1. The van der Waals surface area contributed by atoms with Crippen LogP contribution in [-0.2, 0) is 6.54 Å². The minimum Gasteiger partial charge on any atom is -0.298 e. The molecule has 1 aliphatic rings. The Morgan fingerprint density at radius 3 is 2.88 bits per heavy atom. The molecule has 4 rings (SSSR count). The summed E-state index contributed by atoms with van der Waals surface area (Å²) in [6, 6.07) is 10.4. The summed E-state index contributed by atoms with van der Waals surface area (Å²) in [5.41, 5.74) is 5.68. The average molecular weight is 333 g/mol. The first kappa shape index (κ1) is 16.0. The van der Waals surface area contributed by atoms with E-state index in [1.807, 2.05) is 31.6 Å². The Morgan fingerprint density at radius 2 is 2.04 bits per heavy atom. The van der Waals surface area contributed by atoms with Crippen molar-refractivity contribution in [3.05, 3.63) is 65.9 Å². The molecule has 1 saturated heterocycles. The molecular formula is C20H23N5. The number of aryl methyl sites for hydroxylation is 1. The van der Waals surface area contributed by atoms with Crippen molar-refractivity contribution in [2.75, 3.05) is 13.1 Å². The van der Waals surface area contributed by atoms with Crippen LogP contribution in [0.4, 0.5) is 0 Å². The quantitative estimate of drug-likeness (QED) is 0.793. The third kappa shape index (κ3) is 3.61. The van der Waals surface area contributed by atoms with Gasteiger partial charge in [-0.1, -0.05) is 30.3 Å². The molecule has 1 fully saturated rings. The standard InChI is InChI=1S/C20H23N5/c1-15-10-21-12-19(23-15)17-8-5-9-25(13-17)14-18-11-22-24-20(18)16-6-3-2-4-7-16/h2-4,6-7,10-12,17H,5,8-9,13-14H2,1H3,(H,22,24)/t17-/m1/s1. The molecule has 0 saturated carbocycles. The fourth-order valence-corrected chi connectivity index (χ4v) is 3.65. The van der Waals surface area contributed by atoms with Crippen molar-refractivity contribution < 1.29 is 0 Å². The van der Waals surface area contributed by atoms with Gasteiger partial charge in [0.15, 0.2) is 0 Å². The van der Waals surface area contributed by atoms with E-state index in [0.717, 1.165) is 36.7 Å². The lowest BCUT2D eigenvalue weighted by Gasteiger charge is -2.32. The maximum atomic E-state index is 4.69. The van der Waals surface area contributed by atoms with Gasteiger partial charge in [0.05, 0.1) is 23.3 Å². The van der Waals surface area contributed by atoms with E-state index in [1.165, 1.54) is 24.0 Å². The molecule has 0 bridgehead atoms. The highest BCUT2D eigenvalue weighted by molar-refractivity contribution is 5.62. The lowest BCUT2D eigenvalue weighted by atomic mass is 9.94. The van der Waals surface area contributed by atoms with Gasteiger partial charge in [0.25, 0.3) is 0 Å². The van der Waals surface area contributed by atoms with Crippen molar-refractivity contribution in [2.45, 2.75) is 32.2 Å². The number of rotatable bonds is 4. The SMILES string of the molecule is Cc1cncc([C@@H]2CCCN(Cc3cn[nH]c3-c3ccccc3)C2)n1. The molecule has 1 aromatic carbocycles. The van der Waals surface area contributed by atoms with Crippen molar-refractivity contribution in [1.29, 1.82) is 0 Å². The maximum Gasteiger partial charge on any atom is 0.0695 e. The first-order valence-corrected chi connectivity index (χ1v) is 8.88. The minimum absolute atomic E-state index is 0.466. The molecular weight excluding hydrogens is 310 g/mol. The Kier molecular flexibility index (Phi) is 4.57. The number of aromatic amines is 1. The van der Waals surface area contributed by atoms with Gasteiger partial charge in [-0.3, -0.25) is 20.0 Å². The Balaban J connectivity index is 1.49. The molecule has 3 heterocycles. The zero-order valence-electron chi connectivity index (χ0n) is 14.5. The van der Waals surface area contributed by atoms with Crippen LogP contribution in [0.3, 0.4) is 0 Å². The fraction of sp³-hybridized carbons (Fsp3) is 0.350. The summed E-state index contributed by atoms with van der Waals surface area (Å²) in [5.74, 6) is 0.466. The molecule has 5 nitrogen and oxygen atoms in total. The van der Waals surface area contributed by atoms with E-state index < -0.39 is 0 Å². The molecule has 5 heteroatoms. The summed E-state index contributed by atoms with van der Waals surface area (Å²) in [5, 5.41) is 7.44. The van der Waals surface area contributed by atoms with Crippen LogP contribution in [0.15, 0.2) is 48.9 Å². The van der Waals surface area contributed by atoms with Crippen LogP contribution in [-0.4, -0.2) is 38.2 Å². The third-order valence-electron chi connectivity index (χ3n) is 4.87. The second-order valence-corrected chi connectivity index (χ2v) is 6.80. The molecule has 2 aromatic heterocycles. The first-order chi connectivity index (χ1) is 12.3. The second-order valence-electron chi connectivity index (χ2n) is 6.80. The van der Waals surface area contributed by atoms with E-state index in [1.54, 1.807) is 0 Å². The molecule has 25 heavy (non-hydrogen) atoms. The monoisotopic (exact) mass is 333 g/mol. The highest BCUT2D eigenvalue weighted by Gasteiger charge is 2.23. The summed E-state index contributed by atoms with van der Waals surface area (Å²) < 4.78 is 0. The van der Waals surface area contributed by atoms with Crippen LogP contribution in [0.1, 0.15) is 35.7 Å². The van der Waals surface area contributed by atoms with Gasteiger partial charge in [0.2, 0.25) is 0 Å². The number of nitrogens with zero attached hydrogens (tertiary/aromatic N) is 4. The second kappa shape index (κ2) is 7.15. The molecule has 0 amide bonds. The number of hydrogen-bond acceptors (Lipinski definition) is 4. The van der Waals surface area contributed by atoms with Crippen LogP contribution in [0, 0.1) is 6.92 Å². The molecule has 0 unspecified atom stereocenters. The molecule has 0 radical (unpaired) electrons. The summed E-state index contributed by atoms with van der Waals surface area (Å²) in [6.45, 7) is 5.07. The van der Waals surface area contributed by atoms with Crippen molar-refractivity contribution in [3.63, 3.8) is 0 Å². The van der Waals surface area contributed by atoms with Gasteiger partial charge in [0, 0.05) is 37.0 Å². The summed E-state index contributed by atoms with van der Waals surface area (Å²) >= 11 is 0. The number of likely N-dealkylation sites (tertiary alicyclic amines) is 1. The highest BCUT2D eigenvalue weighted by atomic mass is 15.2. The lowest BCUT2D eigenvalue weighted by Crippen LogP contribution is -2.34. The van der Waals surface area contributed by atoms with Crippen LogP contribution < -0.4 is 0 Å². The Bertz CT molecular complexity index is 827. The van der Waals surface area contributed by atoms with E-state index in [2.05, 4.69) is 49.3 Å².